The highest BCUT2D eigenvalue weighted by Crippen LogP contribution is 2.25. The fourth-order valence-electron chi connectivity index (χ4n) is 3.44. The molecule has 156 valence electrons. The zero-order chi connectivity index (χ0) is 21.7. The Labute approximate surface area is 187 Å². The number of amides is 1. The molecule has 0 unspecified atom stereocenters. The van der Waals surface area contributed by atoms with Crippen LogP contribution in [0.1, 0.15) is 34.5 Å². The summed E-state index contributed by atoms with van der Waals surface area (Å²) in [5, 5.41) is 4.88. The Kier molecular flexibility index (Phi) is 7.40. The van der Waals surface area contributed by atoms with Crippen LogP contribution in [0.15, 0.2) is 58.5 Å². The molecule has 1 heterocycles. The van der Waals surface area contributed by atoms with Gasteiger partial charge < -0.3 is 4.57 Å². The first kappa shape index (κ1) is 22.2. The van der Waals surface area contributed by atoms with E-state index in [1.54, 1.807) is 18.0 Å². The van der Waals surface area contributed by atoms with E-state index < -0.39 is 0 Å². The number of nitrogens with zero attached hydrogens (tertiary/aromatic N) is 2. The summed E-state index contributed by atoms with van der Waals surface area (Å²) in [6, 6.07) is 16.0. The topological polar surface area (TPSA) is 46.4 Å². The van der Waals surface area contributed by atoms with E-state index in [2.05, 4.69) is 67.1 Å². The summed E-state index contributed by atoms with van der Waals surface area (Å²) in [4.78, 5) is 13.2. The average molecular weight is 440 g/mol. The maximum absolute atomic E-state index is 12.1. The predicted octanol–water partition coefficient (Wildman–Crippen LogP) is 6.00. The van der Waals surface area contributed by atoms with E-state index in [-0.39, 0.29) is 5.91 Å². The molecule has 0 radical (unpaired) electrons. The first-order valence-electron chi connectivity index (χ1n) is 9.82. The van der Waals surface area contributed by atoms with Crippen molar-refractivity contribution in [2.24, 2.45) is 5.10 Å². The normalized spacial score (nSPS) is 11.2. The lowest BCUT2D eigenvalue weighted by Gasteiger charge is -2.15. The number of thioether (sulfide) groups is 1. The number of hydrogen-bond acceptors (Lipinski definition) is 3. The summed E-state index contributed by atoms with van der Waals surface area (Å²) in [7, 11) is 0. The van der Waals surface area contributed by atoms with Crippen LogP contribution >= 0.6 is 23.4 Å². The lowest BCUT2D eigenvalue weighted by molar-refractivity contribution is -0.120. The van der Waals surface area contributed by atoms with Crippen molar-refractivity contribution in [3.05, 3.63) is 81.6 Å². The SMILES string of the molecule is Cc1cccc(C)c1-n1c(C)cc(/C=N/NC(=O)CCSc2ccc(Cl)cc2)c1C. The second kappa shape index (κ2) is 10.0. The van der Waals surface area contributed by atoms with Gasteiger partial charge in [-0.2, -0.15) is 5.10 Å². The minimum Gasteiger partial charge on any atom is -0.317 e. The van der Waals surface area contributed by atoms with E-state index in [0.717, 1.165) is 21.8 Å². The molecular formula is C24H26ClN3OS. The lowest BCUT2D eigenvalue weighted by Crippen LogP contribution is -2.17. The molecule has 0 bridgehead atoms. The minimum absolute atomic E-state index is 0.101. The molecule has 1 aromatic heterocycles. The van der Waals surface area contributed by atoms with Crippen LogP contribution in [0.5, 0.6) is 0 Å². The van der Waals surface area contributed by atoms with E-state index >= 15 is 0 Å². The van der Waals surface area contributed by atoms with Gasteiger partial charge in [0.05, 0.1) is 11.9 Å². The number of carbonyl (C=O) groups excluding carboxylic acids is 1. The molecule has 30 heavy (non-hydrogen) atoms. The summed E-state index contributed by atoms with van der Waals surface area (Å²) >= 11 is 7.51. The van der Waals surface area contributed by atoms with Crippen molar-refractivity contribution in [1.29, 1.82) is 0 Å². The van der Waals surface area contributed by atoms with Crippen LogP contribution in [0.4, 0.5) is 0 Å². The van der Waals surface area contributed by atoms with Crippen molar-refractivity contribution in [1.82, 2.24) is 9.99 Å². The third-order valence-electron chi connectivity index (χ3n) is 4.94. The molecule has 3 rings (SSSR count). The Balaban J connectivity index is 1.60. The number of hydrazone groups is 1. The fourth-order valence-corrected chi connectivity index (χ4v) is 4.42. The Hall–Kier alpha value is -2.50. The van der Waals surface area contributed by atoms with Crippen LogP contribution in [0.2, 0.25) is 5.02 Å². The third kappa shape index (κ3) is 5.35. The van der Waals surface area contributed by atoms with Crippen LogP contribution in [0, 0.1) is 27.7 Å². The number of rotatable bonds is 7. The first-order chi connectivity index (χ1) is 14.4. The lowest BCUT2D eigenvalue weighted by atomic mass is 10.1. The Morgan fingerprint density at radius 1 is 1.10 bits per heavy atom. The van der Waals surface area contributed by atoms with Gasteiger partial charge in [-0.3, -0.25) is 4.79 Å². The standard InChI is InChI=1S/C24H26ClN3OS/c1-16-6-5-7-17(2)24(16)28-18(3)14-20(19(28)4)15-26-27-23(29)12-13-30-22-10-8-21(25)9-11-22/h5-11,14-15H,12-13H2,1-4H3,(H,27,29)/b26-15+. The highest BCUT2D eigenvalue weighted by molar-refractivity contribution is 7.99. The largest absolute Gasteiger partial charge is 0.317 e. The molecule has 4 nitrogen and oxygen atoms in total. The van der Waals surface area contributed by atoms with Gasteiger partial charge in [-0.25, -0.2) is 5.43 Å². The summed E-state index contributed by atoms with van der Waals surface area (Å²) in [5.74, 6) is 0.584. The predicted molar refractivity (Wildman–Crippen MR) is 127 cm³/mol. The molecule has 0 saturated carbocycles. The van der Waals surface area contributed by atoms with Crippen molar-refractivity contribution < 1.29 is 4.79 Å². The zero-order valence-electron chi connectivity index (χ0n) is 17.7. The summed E-state index contributed by atoms with van der Waals surface area (Å²) in [6.07, 6.45) is 2.11. The molecule has 0 aliphatic carbocycles. The number of aromatic nitrogens is 1. The van der Waals surface area contributed by atoms with E-state index in [1.165, 1.54) is 16.8 Å². The van der Waals surface area contributed by atoms with Crippen molar-refractivity contribution in [3.8, 4) is 5.69 Å². The summed E-state index contributed by atoms with van der Waals surface area (Å²) in [6.45, 7) is 8.40. The molecule has 3 aromatic rings. The van der Waals surface area contributed by atoms with Gasteiger partial charge in [0.15, 0.2) is 0 Å². The maximum atomic E-state index is 12.1. The van der Waals surface area contributed by atoms with Crippen molar-refractivity contribution >= 4 is 35.5 Å². The number of carbonyl (C=O) groups is 1. The van der Waals surface area contributed by atoms with Crippen LogP contribution < -0.4 is 5.43 Å². The molecule has 0 atom stereocenters. The number of benzene rings is 2. The van der Waals surface area contributed by atoms with Crippen LogP contribution in [-0.2, 0) is 4.79 Å². The smallest absolute Gasteiger partial charge is 0.240 e. The number of aryl methyl sites for hydroxylation is 3. The van der Waals surface area contributed by atoms with Crippen molar-refractivity contribution in [2.45, 2.75) is 39.0 Å². The van der Waals surface area contributed by atoms with Gasteiger partial charge in [0.2, 0.25) is 5.91 Å². The second-order valence-corrected chi connectivity index (χ2v) is 8.85. The van der Waals surface area contributed by atoms with Gasteiger partial charge >= 0.3 is 0 Å². The molecule has 1 amide bonds. The zero-order valence-corrected chi connectivity index (χ0v) is 19.3. The Morgan fingerprint density at radius 3 is 2.43 bits per heavy atom. The first-order valence-corrected chi connectivity index (χ1v) is 11.2. The molecule has 0 spiro atoms. The fraction of sp³-hybridized carbons (Fsp3) is 0.250. The highest BCUT2D eigenvalue weighted by atomic mass is 35.5. The van der Waals surface area contributed by atoms with E-state index in [0.29, 0.717) is 17.2 Å². The molecular weight excluding hydrogens is 414 g/mol. The second-order valence-electron chi connectivity index (χ2n) is 7.25. The van der Waals surface area contributed by atoms with Crippen LogP contribution in [0.25, 0.3) is 5.69 Å². The van der Waals surface area contributed by atoms with Crippen molar-refractivity contribution in [3.63, 3.8) is 0 Å². The summed E-state index contributed by atoms with van der Waals surface area (Å²) < 4.78 is 2.25. The molecule has 0 aliphatic heterocycles. The average Bonchev–Trinajstić information content (AvgIpc) is 2.97. The molecule has 0 fully saturated rings. The molecule has 0 saturated heterocycles. The quantitative estimate of drug-likeness (QED) is 0.279. The molecule has 1 N–H and O–H groups in total. The summed E-state index contributed by atoms with van der Waals surface area (Å²) in [5.41, 5.74) is 9.52. The van der Waals surface area contributed by atoms with E-state index in [1.807, 2.05) is 24.3 Å². The monoisotopic (exact) mass is 439 g/mol. The Bertz CT molecular complexity index is 1050. The molecule has 0 aliphatic rings. The molecule has 2 aromatic carbocycles. The van der Waals surface area contributed by atoms with Gasteiger partial charge in [0.1, 0.15) is 0 Å². The maximum Gasteiger partial charge on any atom is 0.240 e. The highest BCUT2D eigenvalue weighted by Gasteiger charge is 2.13. The third-order valence-corrected chi connectivity index (χ3v) is 6.20. The number of hydrogen-bond donors (Lipinski definition) is 1. The van der Waals surface area contributed by atoms with Crippen LogP contribution in [0.3, 0.4) is 0 Å². The van der Waals surface area contributed by atoms with Gasteiger partial charge in [-0.15, -0.1) is 11.8 Å². The molecule has 6 heteroatoms. The minimum atomic E-state index is -0.101. The van der Waals surface area contributed by atoms with Crippen molar-refractivity contribution in [2.75, 3.05) is 5.75 Å². The number of nitrogens with one attached hydrogen (secondary N) is 1. The van der Waals surface area contributed by atoms with E-state index in [9.17, 15) is 4.79 Å². The van der Waals surface area contributed by atoms with E-state index in [4.69, 9.17) is 11.6 Å². The van der Waals surface area contributed by atoms with Gasteiger partial charge in [0, 0.05) is 39.0 Å². The van der Waals surface area contributed by atoms with Gasteiger partial charge in [-0.1, -0.05) is 29.8 Å². The Morgan fingerprint density at radius 2 is 1.77 bits per heavy atom. The van der Waals surface area contributed by atoms with Gasteiger partial charge in [-0.05, 0) is 69.2 Å². The number of halogens is 1. The number of para-hydroxylation sites is 1. The van der Waals surface area contributed by atoms with Crippen LogP contribution in [-0.4, -0.2) is 22.4 Å². The van der Waals surface area contributed by atoms with Gasteiger partial charge in [0.25, 0.3) is 0 Å².